The Hall–Kier alpha value is -3.10. The number of fused-ring (bicyclic) bond motifs is 2. The van der Waals surface area contributed by atoms with Gasteiger partial charge in [-0.2, -0.15) is 0 Å². The summed E-state index contributed by atoms with van der Waals surface area (Å²) in [5, 5.41) is 3.01. The van der Waals surface area contributed by atoms with Gasteiger partial charge in [0.25, 0.3) is 6.23 Å². The molecule has 1 fully saturated rings. The molecule has 2 unspecified atom stereocenters. The number of hydrogen-bond acceptors (Lipinski definition) is 9. The van der Waals surface area contributed by atoms with E-state index in [2.05, 4.69) is 10.3 Å². The number of rotatable bonds is 2. The first kappa shape index (κ1) is 15.4. The molecule has 9 nitrogen and oxygen atoms in total. The number of nitrogens with one attached hydrogen (secondary N) is 1. The summed E-state index contributed by atoms with van der Waals surface area (Å²) >= 11 is 0. The predicted molar refractivity (Wildman–Crippen MR) is 84.5 cm³/mol. The molecular weight excluding hydrogens is 330 g/mol. The van der Waals surface area contributed by atoms with E-state index in [1.54, 1.807) is 30.1 Å². The van der Waals surface area contributed by atoms with Crippen molar-refractivity contribution >= 4 is 29.2 Å². The largest absolute Gasteiger partial charge is 0.439 e. The third-order valence-electron chi connectivity index (χ3n) is 4.32. The van der Waals surface area contributed by atoms with E-state index in [1.165, 1.54) is 6.92 Å². The lowest BCUT2D eigenvalue weighted by Gasteiger charge is -2.48. The number of hydrogen-bond donors (Lipinski definition) is 1. The van der Waals surface area contributed by atoms with Crippen LogP contribution in [-0.2, 0) is 19.1 Å². The SMILES string of the molecule is CC(=O)c1ccc2c(c1)N(C)C1OC(=O)C(=O)OC1(C1=NCCN1)O2. The number of likely N-dealkylation sites (N-methyl/N-ethyl adjacent to an activating group) is 1. The quantitative estimate of drug-likeness (QED) is 0.448. The average molecular weight is 345 g/mol. The highest BCUT2D eigenvalue weighted by Crippen LogP contribution is 2.43. The number of ketones is 1. The van der Waals surface area contributed by atoms with Gasteiger partial charge in [0.05, 0.1) is 12.2 Å². The molecule has 0 aliphatic carbocycles. The Balaban J connectivity index is 1.85. The van der Waals surface area contributed by atoms with Crippen molar-refractivity contribution in [2.45, 2.75) is 18.9 Å². The Morgan fingerprint density at radius 1 is 1.32 bits per heavy atom. The molecule has 1 saturated heterocycles. The van der Waals surface area contributed by atoms with Crippen LogP contribution in [0.1, 0.15) is 17.3 Å². The molecule has 4 rings (SSSR count). The molecule has 3 heterocycles. The van der Waals surface area contributed by atoms with Crippen LogP contribution in [0.3, 0.4) is 0 Å². The van der Waals surface area contributed by atoms with Crippen LogP contribution in [0.2, 0.25) is 0 Å². The number of aliphatic imine (C=N–C) groups is 1. The zero-order valence-electron chi connectivity index (χ0n) is 13.6. The van der Waals surface area contributed by atoms with Crippen molar-refractivity contribution in [2.75, 3.05) is 25.0 Å². The van der Waals surface area contributed by atoms with Crippen molar-refractivity contribution in [3.8, 4) is 5.75 Å². The Bertz CT molecular complexity index is 835. The number of esters is 2. The predicted octanol–water partition coefficient (Wildman–Crippen LogP) is -0.158. The number of carbonyl (C=O) groups is 3. The monoisotopic (exact) mass is 345 g/mol. The van der Waals surface area contributed by atoms with Gasteiger partial charge in [0.2, 0.25) is 0 Å². The highest BCUT2D eigenvalue weighted by atomic mass is 16.8. The molecule has 1 N–H and O–H groups in total. The molecule has 3 aliphatic heterocycles. The smallest absolute Gasteiger partial charge is 0.421 e. The molecule has 0 saturated carbocycles. The molecule has 0 radical (unpaired) electrons. The lowest BCUT2D eigenvalue weighted by molar-refractivity contribution is -0.240. The van der Waals surface area contributed by atoms with Gasteiger partial charge in [-0.15, -0.1) is 0 Å². The summed E-state index contributed by atoms with van der Waals surface area (Å²) in [6.07, 6.45) is -1.07. The van der Waals surface area contributed by atoms with E-state index in [0.717, 1.165) is 0 Å². The minimum Gasteiger partial charge on any atom is -0.439 e. The van der Waals surface area contributed by atoms with Gasteiger partial charge in [-0.25, -0.2) is 9.59 Å². The molecule has 0 spiro atoms. The van der Waals surface area contributed by atoms with Crippen LogP contribution < -0.4 is 15.0 Å². The van der Waals surface area contributed by atoms with Crippen LogP contribution in [0.15, 0.2) is 23.2 Å². The third kappa shape index (κ3) is 2.15. The average Bonchev–Trinajstić information content (AvgIpc) is 3.12. The maximum atomic E-state index is 11.9. The van der Waals surface area contributed by atoms with Crippen LogP contribution >= 0.6 is 0 Å². The van der Waals surface area contributed by atoms with Crippen molar-refractivity contribution in [3.63, 3.8) is 0 Å². The Kier molecular flexibility index (Phi) is 3.21. The zero-order valence-corrected chi connectivity index (χ0v) is 13.6. The van der Waals surface area contributed by atoms with Gasteiger partial charge in [-0.1, -0.05) is 0 Å². The number of ether oxygens (including phenoxy) is 3. The second kappa shape index (κ2) is 5.20. The van der Waals surface area contributed by atoms with Crippen LogP contribution in [-0.4, -0.2) is 55.7 Å². The number of anilines is 1. The summed E-state index contributed by atoms with van der Waals surface area (Å²) in [6.45, 7) is 2.49. The van der Waals surface area contributed by atoms with Gasteiger partial charge in [-0.3, -0.25) is 9.79 Å². The molecule has 3 aliphatic rings. The van der Waals surface area contributed by atoms with Gasteiger partial charge in [0.15, 0.2) is 11.6 Å². The minimum absolute atomic E-state index is 0.109. The normalized spacial score (nSPS) is 27.2. The molecule has 25 heavy (non-hydrogen) atoms. The first-order valence-corrected chi connectivity index (χ1v) is 7.72. The van der Waals surface area contributed by atoms with Crippen molar-refractivity contribution in [2.24, 2.45) is 4.99 Å². The van der Waals surface area contributed by atoms with Gasteiger partial charge >= 0.3 is 17.7 Å². The lowest BCUT2D eigenvalue weighted by Crippen LogP contribution is -2.71. The third-order valence-corrected chi connectivity index (χ3v) is 4.32. The number of benzene rings is 1. The van der Waals surface area contributed by atoms with E-state index in [4.69, 9.17) is 14.2 Å². The van der Waals surface area contributed by atoms with Crippen molar-refractivity contribution in [3.05, 3.63) is 23.8 Å². The standard InChI is InChI=1S/C16H15N3O6/c1-8(20)9-3-4-11-10(7-9)19(2)15-16(24-11,14-17-5-6-18-14)25-13(22)12(21)23-15/h3-4,7,15H,5-6H2,1-2H3,(H,17,18). The second-order valence-electron chi connectivity index (χ2n) is 5.92. The fourth-order valence-electron chi connectivity index (χ4n) is 3.10. The fourth-order valence-corrected chi connectivity index (χ4v) is 3.10. The number of nitrogens with zero attached hydrogens (tertiary/aromatic N) is 2. The summed E-state index contributed by atoms with van der Waals surface area (Å²) in [5.74, 6) is -3.41. The topological polar surface area (TPSA) is 107 Å². The van der Waals surface area contributed by atoms with Crippen molar-refractivity contribution < 1.29 is 28.6 Å². The Morgan fingerprint density at radius 3 is 2.80 bits per heavy atom. The summed E-state index contributed by atoms with van der Waals surface area (Å²) in [4.78, 5) is 41.1. The van der Waals surface area contributed by atoms with Crippen LogP contribution in [0.4, 0.5) is 5.69 Å². The van der Waals surface area contributed by atoms with E-state index in [0.29, 0.717) is 30.1 Å². The number of carbonyl (C=O) groups excluding carboxylic acids is 3. The second-order valence-corrected chi connectivity index (χ2v) is 5.92. The highest BCUT2D eigenvalue weighted by Gasteiger charge is 2.62. The molecule has 0 aromatic heterocycles. The maximum Gasteiger partial charge on any atom is 0.421 e. The van der Waals surface area contributed by atoms with E-state index < -0.39 is 24.0 Å². The minimum atomic E-state index is -1.71. The molecular formula is C16H15N3O6. The van der Waals surface area contributed by atoms with Crippen molar-refractivity contribution in [1.82, 2.24) is 5.32 Å². The van der Waals surface area contributed by atoms with Gasteiger partial charge in [-0.05, 0) is 25.1 Å². The van der Waals surface area contributed by atoms with E-state index in [9.17, 15) is 14.4 Å². The van der Waals surface area contributed by atoms with Crippen LogP contribution in [0.25, 0.3) is 0 Å². The summed E-state index contributed by atoms with van der Waals surface area (Å²) in [6, 6.07) is 4.86. The first-order valence-electron chi connectivity index (χ1n) is 7.72. The van der Waals surface area contributed by atoms with Gasteiger partial charge in [0.1, 0.15) is 5.75 Å². The zero-order chi connectivity index (χ0) is 17.8. The molecule has 130 valence electrons. The number of amidine groups is 1. The summed E-state index contributed by atoms with van der Waals surface area (Å²) in [7, 11) is 1.66. The molecule has 0 amide bonds. The highest BCUT2D eigenvalue weighted by molar-refractivity contribution is 6.31. The van der Waals surface area contributed by atoms with Gasteiger partial charge < -0.3 is 24.4 Å². The van der Waals surface area contributed by atoms with Gasteiger partial charge in [0, 0.05) is 19.2 Å². The Morgan fingerprint density at radius 2 is 2.12 bits per heavy atom. The van der Waals surface area contributed by atoms with E-state index in [1.807, 2.05) is 0 Å². The maximum absolute atomic E-state index is 11.9. The molecule has 2 atom stereocenters. The van der Waals surface area contributed by atoms with E-state index >= 15 is 0 Å². The Labute approximate surface area is 142 Å². The molecule has 1 aromatic carbocycles. The van der Waals surface area contributed by atoms with E-state index in [-0.39, 0.29) is 11.6 Å². The van der Waals surface area contributed by atoms with Crippen LogP contribution in [0, 0.1) is 0 Å². The molecule has 0 bridgehead atoms. The van der Waals surface area contributed by atoms with Crippen LogP contribution in [0.5, 0.6) is 5.75 Å². The molecule has 9 heteroatoms. The fraction of sp³-hybridized carbons (Fsp3) is 0.375. The molecule has 1 aromatic rings. The lowest BCUT2D eigenvalue weighted by atomic mass is 10.0. The first-order chi connectivity index (χ1) is 11.9. The summed E-state index contributed by atoms with van der Waals surface area (Å²) in [5.41, 5.74) is 1.02. The number of Topliss-reactive ketones (excluding diaryl/α,β-unsaturated/α-hetero) is 1. The summed E-state index contributed by atoms with van der Waals surface area (Å²) < 4.78 is 16.6. The van der Waals surface area contributed by atoms with Crippen molar-refractivity contribution in [1.29, 1.82) is 0 Å².